The molecule has 0 saturated heterocycles. The van der Waals surface area contributed by atoms with Crippen LogP contribution in [0.5, 0.6) is 0 Å². The Kier molecular flexibility index (Phi) is 7.88. The van der Waals surface area contributed by atoms with E-state index in [4.69, 9.17) is 0 Å². The summed E-state index contributed by atoms with van der Waals surface area (Å²) < 4.78 is 2.23. The fraction of sp³-hybridized carbons (Fsp3) is 0.455. The molecular weight excluding hydrogens is 278 g/mol. The lowest BCUT2D eigenvalue weighted by molar-refractivity contribution is 0.305. The zero-order chi connectivity index (χ0) is 17.3. The van der Waals surface area contributed by atoms with Crippen LogP contribution < -0.4 is 0 Å². The Morgan fingerprint density at radius 3 is 2.61 bits per heavy atom. The van der Waals surface area contributed by atoms with Gasteiger partial charge in [0.05, 0.1) is 0 Å². The third-order valence-corrected chi connectivity index (χ3v) is 4.65. The third-order valence-electron chi connectivity index (χ3n) is 4.65. The summed E-state index contributed by atoms with van der Waals surface area (Å²) in [6.07, 6.45) is 20.0. The van der Waals surface area contributed by atoms with Crippen LogP contribution in [0.2, 0.25) is 0 Å². The number of aromatic nitrogens is 1. The Labute approximate surface area is 143 Å². The van der Waals surface area contributed by atoms with Crippen LogP contribution in [-0.2, 0) is 0 Å². The second-order valence-electron chi connectivity index (χ2n) is 5.98. The lowest BCUT2D eigenvalue weighted by atomic mass is 9.67. The molecule has 0 N–H and O–H groups in total. The van der Waals surface area contributed by atoms with Crippen molar-refractivity contribution >= 4 is 11.8 Å². The van der Waals surface area contributed by atoms with Crippen LogP contribution in [0.25, 0.3) is 11.8 Å². The highest BCUT2D eigenvalue weighted by molar-refractivity contribution is 5.70. The molecule has 0 amide bonds. The molecule has 1 heterocycles. The van der Waals surface area contributed by atoms with Crippen molar-refractivity contribution in [3.05, 3.63) is 60.5 Å². The standard InChI is InChI=1S/C20H27N.C2H6/c1-5-14-20(4,7-3)18-12-9-8-11-17(18)19-13-10-16-21(19)15-6-2;1-2/h5-6,8-11,13-16,18H,7,12H2,1-4H3;1-2H3. The Bertz CT molecular complexity index is 583. The van der Waals surface area contributed by atoms with E-state index in [1.54, 1.807) is 0 Å². The first-order valence-electron chi connectivity index (χ1n) is 8.97. The molecule has 1 nitrogen and oxygen atoms in total. The number of hydrogen-bond acceptors (Lipinski definition) is 0. The Balaban J connectivity index is 0.00000127. The lowest BCUT2D eigenvalue weighted by Crippen LogP contribution is -2.27. The van der Waals surface area contributed by atoms with E-state index in [1.165, 1.54) is 11.3 Å². The fourth-order valence-electron chi connectivity index (χ4n) is 3.31. The number of hydrogen-bond donors (Lipinski definition) is 0. The van der Waals surface area contributed by atoms with Crippen LogP contribution in [0, 0.1) is 11.3 Å². The van der Waals surface area contributed by atoms with E-state index >= 15 is 0 Å². The van der Waals surface area contributed by atoms with Gasteiger partial charge in [0.25, 0.3) is 0 Å². The number of rotatable bonds is 5. The van der Waals surface area contributed by atoms with Crippen molar-refractivity contribution in [2.45, 2.75) is 54.4 Å². The summed E-state index contributed by atoms with van der Waals surface area (Å²) in [5, 5.41) is 0. The Hall–Kier alpha value is -1.76. The van der Waals surface area contributed by atoms with Crippen LogP contribution in [0.15, 0.2) is 54.8 Å². The van der Waals surface area contributed by atoms with Gasteiger partial charge in [-0.15, -0.1) is 0 Å². The van der Waals surface area contributed by atoms with E-state index in [9.17, 15) is 0 Å². The molecule has 1 aliphatic rings. The summed E-state index contributed by atoms with van der Waals surface area (Å²) >= 11 is 0. The summed E-state index contributed by atoms with van der Waals surface area (Å²) in [5.41, 5.74) is 2.96. The molecule has 1 aliphatic carbocycles. The Morgan fingerprint density at radius 2 is 2.00 bits per heavy atom. The largest absolute Gasteiger partial charge is 0.324 e. The van der Waals surface area contributed by atoms with Crippen LogP contribution >= 0.6 is 0 Å². The molecule has 1 aromatic rings. The van der Waals surface area contributed by atoms with E-state index in [-0.39, 0.29) is 5.41 Å². The average Bonchev–Trinajstić information content (AvgIpc) is 3.05. The number of nitrogens with zero attached hydrogens (tertiary/aromatic N) is 1. The third kappa shape index (κ3) is 4.37. The fourth-order valence-corrected chi connectivity index (χ4v) is 3.31. The molecule has 23 heavy (non-hydrogen) atoms. The van der Waals surface area contributed by atoms with E-state index in [1.807, 2.05) is 13.8 Å². The van der Waals surface area contributed by atoms with Gasteiger partial charge in [-0.2, -0.15) is 0 Å². The van der Waals surface area contributed by atoms with E-state index in [2.05, 4.69) is 93.2 Å². The maximum absolute atomic E-state index is 2.38. The molecule has 0 radical (unpaired) electrons. The quantitative estimate of drug-likeness (QED) is 0.518. The lowest BCUT2D eigenvalue weighted by Gasteiger charge is -2.37. The minimum Gasteiger partial charge on any atom is -0.324 e. The van der Waals surface area contributed by atoms with Gasteiger partial charge < -0.3 is 4.57 Å². The highest BCUT2D eigenvalue weighted by atomic mass is 14.9. The summed E-state index contributed by atoms with van der Waals surface area (Å²) in [7, 11) is 0. The van der Waals surface area contributed by atoms with Gasteiger partial charge in [-0.05, 0) is 55.7 Å². The molecule has 2 atom stereocenters. The van der Waals surface area contributed by atoms with Gasteiger partial charge in [0.15, 0.2) is 0 Å². The molecule has 0 fully saturated rings. The Morgan fingerprint density at radius 1 is 1.26 bits per heavy atom. The molecule has 1 heteroatoms. The van der Waals surface area contributed by atoms with Crippen molar-refractivity contribution in [1.82, 2.24) is 4.57 Å². The molecule has 0 saturated carbocycles. The second-order valence-corrected chi connectivity index (χ2v) is 5.98. The summed E-state index contributed by atoms with van der Waals surface area (Å²) in [6.45, 7) is 12.9. The van der Waals surface area contributed by atoms with Crippen LogP contribution in [0.1, 0.15) is 60.1 Å². The zero-order valence-electron chi connectivity index (χ0n) is 15.7. The predicted molar refractivity (Wildman–Crippen MR) is 105 cm³/mol. The predicted octanol–water partition coefficient (Wildman–Crippen LogP) is 6.96. The first-order valence-corrected chi connectivity index (χ1v) is 8.97. The van der Waals surface area contributed by atoms with Crippen molar-refractivity contribution < 1.29 is 0 Å². The highest BCUT2D eigenvalue weighted by Crippen LogP contribution is 2.45. The number of allylic oxidation sites excluding steroid dienone is 7. The minimum absolute atomic E-state index is 0.205. The van der Waals surface area contributed by atoms with Crippen LogP contribution in [0.3, 0.4) is 0 Å². The first-order chi connectivity index (χ1) is 11.2. The maximum Gasteiger partial charge on any atom is 0.0484 e. The molecule has 0 aliphatic heterocycles. The molecule has 126 valence electrons. The monoisotopic (exact) mass is 311 g/mol. The molecule has 0 bridgehead atoms. The summed E-state index contributed by atoms with van der Waals surface area (Å²) in [6, 6.07) is 4.36. The SMILES string of the molecule is CC.CC=Cn1cccc1C1=CC=CCC1C(C)(C=CC)CC. The van der Waals surface area contributed by atoms with Gasteiger partial charge >= 0.3 is 0 Å². The van der Waals surface area contributed by atoms with Gasteiger partial charge in [-0.1, -0.05) is 64.2 Å². The van der Waals surface area contributed by atoms with Gasteiger partial charge in [-0.3, -0.25) is 0 Å². The van der Waals surface area contributed by atoms with Crippen molar-refractivity contribution in [2.75, 3.05) is 0 Å². The smallest absolute Gasteiger partial charge is 0.0484 e. The van der Waals surface area contributed by atoms with Crippen LogP contribution in [0.4, 0.5) is 0 Å². The summed E-state index contributed by atoms with van der Waals surface area (Å²) in [5.74, 6) is 0.530. The minimum atomic E-state index is 0.205. The maximum atomic E-state index is 2.38. The second kappa shape index (κ2) is 9.39. The average molecular weight is 312 g/mol. The molecule has 2 unspecified atom stereocenters. The van der Waals surface area contributed by atoms with Gasteiger partial charge in [-0.25, -0.2) is 0 Å². The molecule has 1 aromatic heterocycles. The van der Waals surface area contributed by atoms with Crippen molar-refractivity contribution in [2.24, 2.45) is 11.3 Å². The van der Waals surface area contributed by atoms with Gasteiger partial charge in [0, 0.05) is 18.1 Å². The van der Waals surface area contributed by atoms with Crippen molar-refractivity contribution in [3.8, 4) is 0 Å². The van der Waals surface area contributed by atoms with E-state index in [0.717, 1.165) is 12.8 Å². The molecule has 0 aromatic carbocycles. The highest BCUT2D eigenvalue weighted by Gasteiger charge is 2.33. The first kappa shape index (κ1) is 19.3. The molecule has 0 spiro atoms. The van der Waals surface area contributed by atoms with Gasteiger partial charge in [0.1, 0.15) is 0 Å². The van der Waals surface area contributed by atoms with Crippen LogP contribution in [-0.4, -0.2) is 4.57 Å². The molecule has 2 rings (SSSR count). The zero-order valence-corrected chi connectivity index (χ0v) is 15.7. The molecular formula is C22H33N. The summed E-state index contributed by atoms with van der Waals surface area (Å²) in [4.78, 5) is 0. The van der Waals surface area contributed by atoms with Gasteiger partial charge in [0.2, 0.25) is 0 Å². The van der Waals surface area contributed by atoms with Crippen molar-refractivity contribution in [3.63, 3.8) is 0 Å². The normalized spacial score (nSPS) is 20.3. The van der Waals surface area contributed by atoms with E-state index in [0.29, 0.717) is 5.92 Å². The topological polar surface area (TPSA) is 4.93 Å². The van der Waals surface area contributed by atoms with E-state index < -0.39 is 0 Å². The van der Waals surface area contributed by atoms with Crippen molar-refractivity contribution in [1.29, 1.82) is 0 Å².